The van der Waals surface area contributed by atoms with E-state index in [4.69, 9.17) is 0 Å². The van der Waals surface area contributed by atoms with Gasteiger partial charge in [-0.1, -0.05) is 0 Å². The number of fused-ring (bicyclic) bond motifs is 1. The Labute approximate surface area is 103 Å². The maximum Gasteiger partial charge on any atom is 0.161 e. The molecular formula is C12H13F2N4. The molecule has 1 aromatic carbocycles. The Hall–Kier alpha value is -1.53. The fraction of sp³-hybridized carbons (Fsp3) is 0.417. The number of nitrogens with one attached hydrogen (secondary N) is 2. The van der Waals surface area contributed by atoms with Gasteiger partial charge in [-0.25, -0.2) is 19.1 Å². The van der Waals surface area contributed by atoms with Crippen LogP contribution in [0.4, 0.5) is 8.78 Å². The molecule has 4 nitrogen and oxygen atoms in total. The van der Waals surface area contributed by atoms with Crippen LogP contribution in [0, 0.1) is 11.6 Å². The molecule has 2 heterocycles. The van der Waals surface area contributed by atoms with Crippen LogP contribution in [0.15, 0.2) is 12.1 Å². The van der Waals surface area contributed by atoms with Gasteiger partial charge in [0.1, 0.15) is 5.82 Å². The van der Waals surface area contributed by atoms with Crippen molar-refractivity contribution in [2.75, 3.05) is 13.1 Å². The van der Waals surface area contributed by atoms with Gasteiger partial charge < -0.3 is 10.3 Å². The van der Waals surface area contributed by atoms with Gasteiger partial charge >= 0.3 is 0 Å². The highest BCUT2D eigenvalue weighted by Gasteiger charge is 2.26. The highest BCUT2D eigenvalue weighted by molar-refractivity contribution is 5.75. The molecule has 2 atom stereocenters. The Morgan fingerprint density at radius 1 is 1.28 bits per heavy atom. The predicted octanol–water partition coefficient (Wildman–Crippen LogP) is 1.48. The van der Waals surface area contributed by atoms with E-state index in [1.165, 1.54) is 0 Å². The van der Waals surface area contributed by atoms with Gasteiger partial charge in [-0.3, -0.25) is 0 Å². The highest BCUT2D eigenvalue weighted by atomic mass is 19.2. The SMILES string of the molecule is CC1NCC[N]C1c1nc2cc(F)c(F)cc2[nH]1. The van der Waals surface area contributed by atoms with Crippen molar-refractivity contribution >= 4 is 11.0 Å². The molecule has 0 saturated carbocycles. The van der Waals surface area contributed by atoms with Crippen LogP contribution in [0.25, 0.3) is 11.0 Å². The molecule has 6 heteroatoms. The van der Waals surface area contributed by atoms with Gasteiger partial charge in [0.05, 0.1) is 17.1 Å². The molecule has 1 fully saturated rings. The summed E-state index contributed by atoms with van der Waals surface area (Å²) in [7, 11) is 0. The minimum absolute atomic E-state index is 0.0997. The zero-order valence-corrected chi connectivity index (χ0v) is 9.87. The Bertz CT molecular complexity index is 542. The Morgan fingerprint density at radius 3 is 2.83 bits per heavy atom. The van der Waals surface area contributed by atoms with E-state index in [0.717, 1.165) is 25.2 Å². The number of H-pyrrole nitrogens is 1. The van der Waals surface area contributed by atoms with E-state index >= 15 is 0 Å². The molecule has 1 radical (unpaired) electrons. The number of nitrogens with zero attached hydrogens (tertiary/aromatic N) is 2. The number of imidazole rings is 1. The summed E-state index contributed by atoms with van der Waals surface area (Å²) in [5.74, 6) is -1.11. The average molecular weight is 251 g/mol. The maximum absolute atomic E-state index is 13.1. The lowest BCUT2D eigenvalue weighted by Crippen LogP contribution is -2.46. The maximum atomic E-state index is 13.1. The molecule has 2 unspecified atom stereocenters. The fourth-order valence-electron chi connectivity index (χ4n) is 2.25. The summed E-state index contributed by atoms with van der Waals surface area (Å²) in [5.41, 5.74) is 0.925. The van der Waals surface area contributed by atoms with Crippen molar-refractivity contribution in [3.8, 4) is 0 Å². The molecule has 1 saturated heterocycles. The number of aromatic nitrogens is 2. The van der Waals surface area contributed by atoms with E-state index in [9.17, 15) is 8.78 Å². The van der Waals surface area contributed by atoms with Crippen LogP contribution < -0.4 is 10.6 Å². The Morgan fingerprint density at radius 2 is 2.06 bits per heavy atom. The fourth-order valence-corrected chi connectivity index (χ4v) is 2.25. The largest absolute Gasteiger partial charge is 0.340 e. The second-order valence-electron chi connectivity index (χ2n) is 4.50. The third-order valence-electron chi connectivity index (χ3n) is 3.20. The number of rotatable bonds is 1. The summed E-state index contributed by atoms with van der Waals surface area (Å²) < 4.78 is 26.2. The summed E-state index contributed by atoms with van der Waals surface area (Å²) >= 11 is 0. The van der Waals surface area contributed by atoms with E-state index in [0.29, 0.717) is 16.9 Å². The van der Waals surface area contributed by atoms with Gasteiger partial charge in [0, 0.05) is 31.3 Å². The first kappa shape index (κ1) is 11.6. The number of halogens is 2. The van der Waals surface area contributed by atoms with Crippen LogP contribution in [-0.2, 0) is 0 Å². The van der Waals surface area contributed by atoms with E-state index in [-0.39, 0.29) is 12.1 Å². The van der Waals surface area contributed by atoms with Gasteiger partial charge in [-0.05, 0) is 6.92 Å². The van der Waals surface area contributed by atoms with E-state index < -0.39 is 11.6 Å². The normalized spacial score (nSPS) is 24.6. The van der Waals surface area contributed by atoms with Gasteiger partial charge in [0.25, 0.3) is 0 Å². The lowest BCUT2D eigenvalue weighted by atomic mass is 10.1. The van der Waals surface area contributed by atoms with E-state index in [1.54, 1.807) is 0 Å². The lowest BCUT2D eigenvalue weighted by molar-refractivity contribution is 0.329. The smallest absolute Gasteiger partial charge is 0.161 e. The molecule has 3 rings (SSSR count). The average Bonchev–Trinajstić information content (AvgIpc) is 2.73. The van der Waals surface area contributed by atoms with E-state index in [2.05, 4.69) is 20.6 Å². The van der Waals surface area contributed by atoms with Crippen LogP contribution >= 0.6 is 0 Å². The molecule has 0 amide bonds. The number of benzene rings is 1. The Kier molecular flexibility index (Phi) is 2.76. The molecule has 1 aliphatic heterocycles. The summed E-state index contributed by atoms with van der Waals surface area (Å²) in [4.78, 5) is 7.30. The van der Waals surface area contributed by atoms with Crippen molar-refractivity contribution < 1.29 is 8.78 Å². The van der Waals surface area contributed by atoms with Gasteiger partial charge in [-0.2, -0.15) is 0 Å². The first-order valence-electron chi connectivity index (χ1n) is 5.90. The molecular weight excluding hydrogens is 238 g/mol. The van der Waals surface area contributed by atoms with Crippen LogP contribution in [0.5, 0.6) is 0 Å². The van der Waals surface area contributed by atoms with Crippen molar-refractivity contribution in [3.05, 3.63) is 29.6 Å². The monoisotopic (exact) mass is 251 g/mol. The summed E-state index contributed by atoms with van der Waals surface area (Å²) in [5, 5.41) is 7.77. The second-order valence-corrected chi connectivity index (χ2v) is 4.50. The highest BCUT2D eigenvalue weighted by Crippen LogP contribution is 2.22. The molecule has 1 aromatic heterocycles. The van der Waals surface area contributed by atoms with Crippen LogP contribution in [-0.4, -0.2) is 29.1 Å². The van der Waals surface area contributed by atoms with Crippen LogP contribution in [0.3, 0.4) is 0 Å². The number of piperazine rings is 1. The first-order valence-corrected chi connectivity index (χ1v) is 5.90. The van der Waals surface area contributed by atoms with Crippen molar-refractivity contribution in [1.82, 2.24) is 20.6 Å². The third-order valence-corrected chi connectivity index (χ3v) is 3.20. The lowest BCUT2D eigenvalue weighted by Gasteiger charge is -2.28. The topological polar surface area (TPSA) is 54.8 Å². The number of hydrogen-bond donors (Lipinski definition) is 2. The molecule has 0 bridgehead atoms. The van der Waals surface area contributed by atoms with Crippen molar-refractivity contribution in [2.45, 2.75) is 19.0 Å². The molecule has 18 heavy (non-hydrogen) atoms. The number of hydrogen-bond acceptors (Lipinski definition) is 2. The summed E-state index contributed by atoms with van der Waals surface area (Å²) in [6.45, 7) is 3.58. The van der Waals surface area contributed by atoms with Crippen molar-refractivity contribution in [1.29, 1.82) is 0 Å². The van der Waals surface area contributed by atoms with Gasteiger partial charge in [0.2, 0.25) is 0 Å². The summed E-state index contributed by atoms with van der Waals surface area (Å²) in [6, 6.07) is 2.29. The minimum atomic E-state index is -0.882. The first-order chi connectivity index (χ1) is 8.65. The second kappa shape index (κ2) is 4.29. The predicted molar refractivity (Wildman–Crippen MR) is 63.2 cm³/mol. The molecule has 95 valence electrons. The molecule has 0 aliphatic carbocycles. The molecule has 0 spiro atoms. The van der Waals surface area contributed by atoms with Crippen molar-refractivity contribution in [3.63, 3.8) is 0 Å². The van der Waals surface area contributed by atoms with Crippen LogP contribution in [0.2, 0.25) is 0 Å². The van der Waals surface area contributed by atoms with Crippen LogP contribution in [0.1, 0.15) is 18.8 Å². The summed E-state index contributed by atoms with van der Waals surface area (Å²) in [6.07, 6.45) is 0. The van der Waals surface area contributed by atoms with Gasteiger partial charge in [-0.15, -0.1) is 0 Å². The number of aromatic amines is 1. The third kappa shape index (κ3) is 1.87. The van der Waals surface area contributed by atoms with Gasteiger partial charge in [0.15, 0.2) is 11.6 Å². The quantitative estimate of drug-likeness (QED) is 0.806. The molecule has 1 aliphatic rings. The standard InChI is InChI=1S/C12H13F2N4/c1-6-11(16-3-2-15-6)12-17-9-4-7(13)8(14)5-10(9)18-12/h4-6,11,15H,2-3H2,1H3,(H,17,18). The zero-order valence-electron chi connectivity index (χ0n) is 9.87. The molecule has 2 N–H and O–H groups in total. The van der Waals surface area contributed by atoms with Crippen molar-refractivity contribution in [2.24, 2.45) is 0 Å². The zero-order chi connectivity index (χ0) is 12.7. The van der Waals surface area contributed by atoms with E-state index in [1.807, 2.05) is 6.92 Å². The molecule has 2 aromatic rings. The Balaban J connectivity index is 2.02. The minimum Gasteiger partial charge on any atom is -0.340 e.